The molecule has 1 heterocycles. The van der Waals surface area contributed by atoms with E-state index in [0.717, 1.165) is 5.82 Å². The van der Waals surface area contributed by atoms with E-state index in [0.29, 0.717) is 12.5 Å². The van der Waals surface area contributed by atoms with Gasteiger partial charge in [-0.05, 0) is 12.8 Å². The second kappa shape index (κ2) is 3.15. The Balaban J connectivity index is 2.01. The molecule has 1 aliphatic rings. The van der Waals surface area contributed by atoms with E-state index >= 15 is 0 Å². The van der Waals surface area contributed by atoms with Crippen molar-refractivity contribution in [3.63, 3.8) is 0 Å². The molecule has 2 rings (SSSR count). The highest BCUT2D eigenvalue weighted by molar-refractivity contribution is 5.02. The molecule has 1 unspecified atom stereocenters. The van der Waals surface area contributed by atoms with E-state index in [4.69, 9.17) is 11.0 Å². The summed E-state index contributed by atoms with van der Waals surface area (Å²) in [5.74, 6) is 1.45. The van der Waals surface area contributed by atoms with E-state index in [9.17, 15) is 0 Å². The Hall–Kier alpha value is -1.41. The predicted octanol–water partition coefficient (Wildman–Crippen LogP) is 0.00638. The Morgan fingerprint density at radius 1 is 1.77 bits per heavy atom. The first-order valence-corrected chi connectivity index (χ1v) is 4.34. The third kappa shape index (κ3) is 1.84. The lowest BCUT2D eigenvalue weighted by atomic mass is 10.3. The lowest BCUT2D eigenvalue weighted by Crippen LogP contribution is -2.24. The van der Waals surface area contributed by atoms with E-state index in [2.05, 4.69) is 10.1 Å². The Kier molecular flexibility index (Phi) is 1.99. The quantitative estimate of drug-likeness (QED) is 0.705. The Morgan fingerprint density at radius 3 is 3.15 bits per heavy atom. The summed E-state index contributed by atoms with van der Waals surface area (Å²) in [4.78, 5) is 4.15. The topological polar surface area (TPSA) is 80.5 Å². The number of hydrogen-bond donors (Lipinski definition) is 1. The Bertz CT molecular complexity index is 333. The molecule has 0 saturated heterocycles. The van der Waals surface area contributed by atoms with E-state index in [-0.39, 0.29) is 0 Å². The minimum Gasteiger partial charge on any atom is -0.314 e. The first-order chi connectivity index (χ1) is 6.29. The largest absolute Gasteiger partial charge is 0.314 e. The maximum Gasteiger partial charge on any atom is 0.153 e. The molecule has 1 aromatic rings. The van der Waals surface area contributed by atoms with Gasteiger partial charge in [0, 0.05) is 5.92 Å². The zero-order chi connectivity index (χ0) is 9.26. The highest BCUT2D eigenvalue weighted by Crippen LogP contribution is 2.37. The van der Waals surface area contributed by atoms with Gasteiger partial charge in [0.1, 0.15) is 12.4 Å². The SMILES string of the molecule is N#CC(N)Cn1cnc(C2CC2)n1. The van der Waals surface area contributed by atoms with Crippen LogP contribution in [0.2, 0.25) is 0 Å². The van der Waals surface area contributed by atoms with Crippen molar-refractivity contribution in [2.45, 2.75) is 31.3 Å². The van der Waals surface area contributed by atoms with Crippen LogP contribution in [0, 0.1) is 11.3 Å². The van der Waals surface area contributed by atoms with Crippen molar-refractivity contribution in [3.05, 3.63) is 12.2 Å². The van der Waals surface area contributed by atoms with Crippen LogP contribution in [0.1, 0.15) is 24.6 Å². The molecule has 0 radical (unpaired) electrons. The molecular weight excluding hydrogens is 166 g/mol. The van der Waals surface area contributed by atoms with Crippen LogP contribution >= 0.6 is 0 Å². The molecule has 0 aliphatic heterocycles. The second-order valence-electron chi connectivity index (χ2n) is 3.33. The van der Waals surface area contributed by atoms with Crippen LogP contribution in [0.5, 0.6) is 0 Å². The summed E-state index contributed by atoms with van der Waals surface area (Å²) in [5.41, 5.74) is 5.46. The fourth-order valence-electron chi connectivity index (χ4n) is 1.17. The van der Waals surface area contributed by atoms with Crippen LogP contribution in [0.4, 0.5) is 0 Å². The molecule has 1 aromatic heterocycles. The number of aromatic nitrogens is 3. The summed E-state index contributed by atoms with van der Waals surface area (Å²) in [6, 6.07) is 1.46. The fraction of sp³-hybridized carbons (Fsp3) is 0.625. The minimum atomic E-state index is -0.492. The van der Waals surface area contributed by atoms with E-state index < -0.39 is 6.04 Å². The van der Waals surface area contributed by atoms with Crippen LogP contribution in [0.25, 0.3) is 0 Å². The molecule has 68 valence electrons. The van der Waals surface area contributed by atoms with Crippen molar-refractivity contribution < 1.29 is 0 Å². The van der Waals surface area contributed by atoms with Gasteiger partial charge < -0.3 is 5.73 Å². The minimum absolute atomic E-state index is 0.427. The van der Waals surface area contributed by atoms with Gasteiger partial charge in [-0.15, -0.1) is 0 Å². The highest BCUT2D eigenvalue weighted by Gasteiger charge is 2.27. The van der Waals surface area contributed by atoms with Crippen molar-refractivity contribution in [2.75, 3.05) is 0 Å². The van der Waals surface area contributed by atoms with Crippen LogP contribution in [0.3, 0.4) is 0 Å². The van der Waals surface area contributed by atoms with Crippen molar-refractivity contribution in [1.29, 1.82) is 5.26 Å². The van der Waals surface area contributed by atoms with E-state index in [1.807, 2.05) is 6.07 Å². The first kappa shape index (κ1) is 8.20. The highest BCUT2D eigenvalue weighted by atomic mass is 15.3. The average molecular weight is 177 g/mol. The Labute approximate surface area is 76.2 Å². The van der Waals surface area contributed by atoms with Gasteiger partial charge in [0.2, 0.25) is 0 Å². The standard InChI is InChI=1S/C8H11N5/c9-3-7(10)4-13-5-11-8(12-13)6-1-2-6/h5-7H,1-2,4,10H2. The smallest absolute Gasteiger partial charge is 0.153 e. The normalized spacial score (nSPS) is 18.2. The van der Waals surface area contributed by atoms with Crippen LogP contribution in [-0.2, 0) is 6.54 Å². The van der Waals surface area contributed by atoms with Gasteiger partial charge in [-0.25, -0.2) is 4.98 Å². The number of hydrogen-bond acceptors (Lipinski definition) is 4. The maximum absolute atomic E-state index is 8.49. The van der Waals surface area contributed by atoms with Crippen LogP contribution < -0.4 is 5.73 Å². The number of nitrogens with two attached hydrogens (primary N) is 1. The molecule has 1 saturated carbocycles. The monoisotopic (exact) mass is 177 g/mol. The molecule has 0 spiro atoms. The average Bonchev–Trinajstić information content (AvgIpc) is 2.88. The van der Waals surface area contributed by atoms with Gasteiger partial charge in [-0.3, -0.25) is 4.68 Å². The molecule has 1 aliphatic carbocycles. The molecule has 0 amide bonds. The van der Waals surface area contributed by atoms with Gasteiger partial charge in [0.05, 0.1) is 12.6 Å². The summed E-state index contributed by atoms with van der Waals surface area (Å²) in [6.45, 7) is 0.427. The summed E-state index contributed by atoms with van der Waals surface area (Å²) in [7, 11) is 0. The van der Waals surface area contributed by atoms with Crippen LogP contribution in [-0.4, -0.2) is 20.8 Å². The van der Waals surface area contributed by atoms with Gasteiger partial charge in [-0.2, -0.15) is 10.4 Å². The molecule has 5 nitrogen and oxygen atoms in total. The molecule has 1 fully saturated rings. The van der Waals surface area contributed by atoms with Crippen molar-refractivity contribution in [1.82, 2.24) is 14.8 Å². The third-order valence-electron chi connectivity index (χ3n) is 2.05. The van der Waals surface area contributed by atoms with Crippen molar-refractivity contribution in [2.24, 2.45) is 5.73 Å². The number of nitrogens with zero attached hydrogens (tertiary/aromatic N) is 4. The molecule has 1 atom stereocenters. The van der Waals surface area contributed by atoms with Crippen molar-refractivity contribution in [3.8, 4) is 6.07 Å². The maximum atomic E-state index is 8.49. The Morgan fingerprint density at radius 2 is 2.54 bits per heavy atom. The van der Waals surface area contributed by atoms with Gasteiger partial charge in [-0.1, -0.05) is 0 Å². The summed E-state index contributed by atoms with van der Waals surface area (Å²) in [5, 5.41) is 12.7. The third-order valence-corrected chi connectivity index (χ3v) is 2.05. The van der Waals surface area contributed by atoms with E-state index in [1.165, 1.54) is 12.8 Å². The molecular formula is C8H11N5. The van der Waals surface area contributed by atoms with Crippen molar-refractivity contribution >= 4 is 0 Å². The molecule has 5 heteroatoms. The molecule has 0 aromatic carbocycles. The van der Waals surface area contributed by atoms with Gasteiger partial charge >= 0.3 is 0 Å². The first-order valence-electron chi connectivity index (χ1n) is 4.34. The molecule has 13 heavy (non-hydrogen) atoms. The molecule has 2 N–H and O–H groups in total. The zero-order valence-corrected chi connectivity index (χ0v) is 7.22. The van der Waals surface area contributed by atoms with Crippen LogP contribution in [0.15, 0.2) is 6.33 Å². The zero-order valence-electron chi connectivity index (χ0n) is 7.22. The summed E-state index contributed by atoms with van der Waals surface area (Å²) in [6.07, 6.45) is 4.02. The number of rotatable bonds is 3. The lowest BCUT2D eigenvalue weighted by molar-refractivity contribution is 0.567. The van der Waals surface area contributed by atoms with Gasteiger partial charge in [0.25, 0.3) is 0 Å². The van der Waals surface area contributed by atoms with E-state index in [1.54, 1.807) is 11.0 Å². The fourth-order valence-corrected chi connectivity index (χ4v) is 1.17. The predicted molar refractivity (Wildman–Crippen MR) is 45.6 cm³/mol. The summed E-state index contributed by atoms with van der Waals surface area (Å²) >= 11 is 0. The summed E-state index contributed by atoms with van der Waals surface area (Å²) < 4.78 is 1.64. The second-order valence-corrected chi connectivity index (χ2v) is 3.33. The number of nitriles is 1. The van der Waals surface area contributed by atoms with Gasteiger partial charge in [0.15, 0.2) is 5.82 Å². The lowest BCUT2D eigenvalue weighted by Gasteiger charge is -2.00. The molecule has 0 bridgehead atoms.